The lowest BCUT2D eigenvalue weighted by Gasteiger charge is -2.33. The fourth-order valence-corrected chi connectivity index (χ4v) is 2.94. The Kier molecular flexibility index (Phi) is 5.22. The fraction of sp³-hybridized carbons (Fsp3) is 1.00. The van der Waals surface area contributed by atoms with Crippen LogP contribution in [0.1, 0.15) is 39.0 Å². The largest absolute Gasteiger partial charge is 0.392 e. The van der Waals surface area contributed by atoms with Gasteiger partial charge in [0.1, 0.15) is 0 Å². The highest BCUT2D eigenvalue weighted by molar-refractivity contribution is 4.84. The number of nitrogens with one attached hydrogen (secondary N) is 2. The summed E-state index contributed by atoms with van der Waals surface area (Å²) < 4.78 is 5.45. The van der Waals surface area contributed by atoms with Gasteiger partial charge in [-0.25, -0.2) is 0 Å². The molecule has 4 heteroatoms. The molecule has 1 heterocycles. The zero-order valence-corrected chi connectivity index (χ0v) is 10.8. The summed E-state index contributed by atoms with van der Waals surface area (Å²) in [5, 5.41) is 17.0. The van der Waals surface area contributed by atoms with Crippen molar-refractivity contribution in [3.8, 4) is 0 Å². The van der Waals surface area contributed by atoms with E-state index >= 15 is 0 Å². The fourth-order valence-electron chi connectivity index (χ4n) is 2.94. The normalized spacial score (nSPS) is 36.7. The summed E-state index contributed by atoms with van der Waals surface area (Å²) in [5.74, 6) is 0. The van der Waals surface area contributed by atoms with Crippen LogP contribution in [0.15, 0.2) is 0 Å². The van der Waals surface area contributed by atoms with Crippen LogP contribution in [-0.2, 0) is 4.74 Å². The van der Waals surface area contributed by atoms with Crippen molar-refractivity contribution < 1.29 is 9.84 Å². The van der Waals surface area contributed by atoms with Crippen LogP contribution < -0.4 is 10.6 Å². The molecule has 1 saturated heterocycles. The van der Waals surface area contributed by atoms with Crippen LogP contribution in [0, 0.1) is 0 Å². The minimum Gasteiger partial charge on any atom is -0.392 e. The molecular formula is C13H26N2O2. The minimum absolute atomic E-state index is 0.151. The molecule has 4 nitrogen and oxygen atoms in total. The van der Waals surface area contributed by atoms with Gasteiger partial charge in [-0.1, -0.05) is 12.8 Å². The Balaban J connectivity index is 1.70. The predicted octanol–water partition coefficient (Wildman–Crippen LogP) is 0.646. The van der Waals surface area contributed by atoms with E-state index in [4.69, 9.17) is 4.74 Å². The predicted molar refractivity (Wildman–Crippen MR) is 68.1 cm³/mol. The lowest BCUT2D eigenvalue weighted by Crippen LogP contribution is -2.50. The van der Waals surface area contributed by atoms with Crippen LogP contribution in [0.25, 0.3) is 0 Å². The van der Waals surface area contributed by atoms with E-state index in [9.17, 15) is 5.11 Å². The third kappa shape index (κ3) is 4.21. The van der Waals surface area contributed by atoms with E-state index in [-0.39, 0.29) is 6.10 Å². The van der Waals surface area contributed by atoms with E-state index in [1.807, 2.05) is 0 Å². The molecule has 2 aliphatic rings. The van der Waals surface area contributed by atoms with Crippen LogP contribution >= 0.6 is 0 Å². The monoisotopic (exact) mass is 242 g/mol. The number of ether oxygens (including phenoxy) is 1. The molecule has 17 heavy (non-hydrogen) atoms. The summed E-state index contributed by atoms with van der Waals surface area (Å²) in [4.78, 5) is 0. The molecule has 4 unspecified atom stereocenters. The average molecular weight is 242 g/mol. The Morgan fingerprint density at radius 3 is 2.94 bits per heavy atom. The number of rotatable bonds is 4. The van der Waals surface area contributed by atoms with E-state index in [0.29, 0.717) is 18.1 Å². The number of aliphatic hydroxyl groups excluding tert-OH is 1. The lowest BCUT2D eigenvalue weighted by molar-refractivity contribution is 0.0630. The van der Waals surface area contributed by atoms with Gasteiger partial charge >= 0.3 is 0 Å². The second-order valence-electron chi connectivity index (χ2n) is 5.49. The molecule has 0 aromatic rings. The zero-order chi connectivity index (χ0) is 12.1. The van der Waals surface area contributed by atoms with Crippen LogP contribution in [-0.4, -0.2) is 49.1 Å². The molecule has 0 bridgehead atoms. The van der Waals surface area contributed by atoms with Gasteiger partial charge in [0, 0.05) is 24.7 Å². The first kappa shape index (κ1) is 13.3. The summed E-state index contributed by atoms with van der Waals surface area (Å²) in [5.41, 5.74) is 0. The molecule has 0 aromatic heterocycles. The first-order chi connectivity index (χ1) is 8.25. The van der Waals surface area contributed by atoms with Gasteiger partial charge in [-0.05, 0) is 26.2 Å². The maximum absolute atomic E-state index is 9.92. The topological polar surface area (TPSA) is 53.5 Å². The van der Waals surface area contributed by atoms with Gasteiger partial charge in [-0.2, -0.15) is 0 Å². The van der Waals surface area contributed by atoms with Crippen molar-refractivity contribution in [1.82, 2.24) is 10.6 Å². The second-order valence-corrected chi connectivity index (χ2v) is 5.49. The summed E-state index contributed by atoms with van der Waals surface area (Å²) in [7, 11) is 0. The van der Waals surface area contributed by atoms with Crippen LogP contribution in [0.4, 0.5) is 0 Å². The van der Waals surface area contributed by atoms with Crippen LogP contribution in [0.3, 0.4) is 0 Å². The molecule has 3 N–H and O–H groups in total. The number of hydrogen-bond donors (Lipinski definition) is 3. The van der Waals surface area contributed by atoms with Crippen LogP contribution in [0.5, 0.6) is 0 Å². The molecule has 1 saturated carbocycles. The van der Waals surface area contributed by atoms with E-state index in [2.05, 4.69) is 17.6 Å². The van der Waals surface area contributed by atoms with Gasteiger partial charge in [0.15, 0.2) is 0 Å². The van der Waals surface area contributed by atoms with Crippen molar-refractivity contribution in [1.29, 1.82) is 0 Å². The second kappa shape index (κ2) is 6.69. The highest BCUT2D eigenvalue weighted by atomic mass is 16.5. The van der Waals surface area contributed by atoms with Gasteiger partial charge in [-0.15, -0.1) is 0 Å². The van der Waals surface area contributed by atoms with Crippen molar-refractivity contribution in [2.75, 3.05) is 19.8 Å². The van der Waals surface area contributed by atoms with Gasteiger partial charge in [0.25, 0.3) is 0 Å². The highest BCUT2D eigenvalue weighted by Gasteiger charge is 2.25. The number of morpholine rings is 1. The molecule has 2 rings (SSSR count). The Morgan fingerprint density at radius 1 is 1.41 bits per heavy atom. The summed E-state index contributed by atoms with van der Waals surface area (Å²) in [6, 6.07) is 1.20. The van der Waals surface area contributed by atoms with Crippen molar-refractivity contribution in [2.24, 2.45) is 0 Å². The van der Waals surface area contributed by atoms with Crippen molar-refractivity contribution >= 4 is 0 Å². The molecule has 0 spiro atoms. The lowest BCUT2D eigenvalue weighted by atomic mass is 9.91. The Labute approximate surface area is 104 Å². The van der Waals surface area contributed by atoms with Gasteiger partial charge < -0.3 is 20.5 Å². The third-order valence-electron chi connectivity index (χ3n) is 3.86. The first-order valence-corrected chi connectivity index (χ1v) is 7.01. The first-order valence-electron chi connectivity index (χ1n) is 7.01. The smallest absolute Gasteiger partial charge is 0.0693 e. The molecule has 2 fully saturated rings. The molecule has 1 aliphatic heterocycles. The standard InChI is InChI=1S/C13H26N2O2/c1-10(8-11-9-17-7-6-14-11)15-12-4-2-3-5-13(12)16/h10-16H,2-9H2,1H3. The Hall–Kier alpha value is -0.160. The number of hydrogen-bond acceptors (Lipinski definition) is 4. The summed E-state index contributed by atoms with van der Waals surface area (Å²) >= 11 is 0. The highest BCUT2D eigenvalue weighted by Crippen LogP contribution is 2.19. The quantitative estimate of drug-likeness (QED) is 0.677. The van der Waals surface area contributed by atoms with Crippen molar-refractivity contribution in [3.05, 3.63) is 0 Å². The SMILES string of the molecule is CC(CC1COCCN1)NC1CCCCC1O. The van der Waals surface area contributed by atoms with E-state index in [1.165, 1.54) is 12.8 Å². The summed E-state index contributed by atoms with van der Waals surface area (Å²) in [6.07, 6.45) is 5.40. The van der Waals surface area contributed by atoms with E-state index < -0.39 is 0 Å². The van der Waals surface area contributed by atoms with Crippen LogP contribution in [0.2, 0.25) is 0 Å². The van der Waals surface area contributed by atoms with Gasteiger partial charge in [0.2, 0.25) is 0 Å². The molecule has 4 atom stereocenters. The average Bonchev–Trinajstić information content (AvgIpc) is 2.33. The molecule has 100 valence electrons. The minimum atomic E-state index is -0.151. The van der Waals surface area contributed by atoms with Crippen molar-refractivity contribution in [3.63, 3.8) is 0 Å². The molecule has 0 aromatic carbocycles. The molecule has 0 radical (unpaired) electrons. The molecular weight excluding hydrogens is 216 g/mol. The van der Waals surface area contributed by atoms with E-state index in [0.717, 1.165) is 39.0 Å². The Bertz CT molecular complexity index is 219. The summed E-state index contributed by atoms with van der Waals surface area (Å²) in [6.45, 7) is 4.82. The van der Waals surface area contributed by atoms with Gasteiger partial charge in [0.05, 0.1) is 19.3 Å². The van der Waals surface area contributed by atoms with Crippen molar-refractivity contribution in [2.45, 2.75) is 63.3 Å². The number of aliphatic hydroxyl groups is 1. The van der Waals surface area contributed by atoms with Gasteiger partial charge in [-0.3, -0.25) is 0 Å². The zero-order valence-electron chi connectivity index (χ0n) is 10.8. The Morgan fingerprint density at radius 2 is 2.24 bits per heavy atom. The molecule has 1 aliphatic carbocycles. The molecule has 0 amide bonds. The maximum Gasteiger partial charge on any atom is 0.0693 e. The maximum atomic E-state index is 9.92. The van der Waals surface area contributed by atoms with E-state index in [1.54, 1.807) is 0 Å². The third-order valence-corrected chi connectivity index (χ3v) is 3.86.